The summed E-state index contributed by atoms with van der Waals surface area (Å²) >= 11 is 0. The molecule has 1 aromatic carbocycles. The van der Waals surface area contributed by atoms with Crippen molar-refractivity contribution in [2.24, 2.45) is 0 Å². The average molecular weight is 385 g/mol. The predicted molar refractivity (Wildman–Crippen MR) is 105 cm³/mol. The molecule has 150 valence electrons. The fraction of sp³-hybridized carbons (Fsp3) is 0.455. The summed E-state index contributed by atoms with van der Waals surface area (Å²) in [6.07, 6.45) is 2.45. The number of aryl methyl sites for hydroxylation is 1. The maximum absolute atomic E-state index is 12.6. The molecule has 0 unspecified atom stereocenters. The van der Waals surface area contributed by atoms with Crippen LogP contribution in [0.3, 0.4) is 0 Å². The van der Waals surface area contributed by atoms with Crippen LogP contribution in [0.1, 0.15) is 40.2 Å². The lowest BCUT2D eigenvalue weighted by Crippen LogP contribution is -2.18. The van der Waals surface area contributed by atoms with Crippen molar-refractivity contribution >= 4 is 11.8 Å². The van der Waals surface area contributed by atoms with Crippen LogP contribution in [0, 0.1) is 13.8 Å². The Morgan fingerprint density at radius 1 is 1.21 bits per heavy atom. The van der Waals surface area contributed by atoms with Gasteiger partial charge in [-0.2, -0.15) is 0 Å². The second kappa shape index (κ2) is 9.06. The molecule has 6 nitrogen and oxygen atoms in total. The number of carbonyl (C=O) groups is 2. The molecule has 0 amide bonds. The minimum Gasteiger partial charge on any atom is -0.497 e. The average Bonchev–Trinajstić information content (AvgIpc) is 3.30. The molecule has 0 N–H and O–H groups in total. The van der Waals surface area contributed by atoms with Gasteiger partial charge in [-0.3, -0.25) is 9.59 Å². The molecular formula is C22H27NO5. The number of ether oxygens (including phenoxy) is 3. The van der Waals surface area contributed by atoms with Gasteiger partial charge in [0.25, 0.3) is 0 Å². The van der Waals surface area contributed by atoms with Gasteiger partial charge in [-0.25, -0.2) is 0 Å². The third kappa shape index (κ3) is 4.81. The van der Waals surface area contributed by atoms with Gasteiger partial charge in [-0.15, -0.1) is 0 Å². The van der Waals surface area contributed by atoms with E-state index in [0.29, 0.717) is 5.56 Å². The van der Waals surface area contributed by atoms with Crippen LogP contribution in [-0.2, 0) is 27.2 Å². The van der Waals surface area contributed by atoms with E-state index in [2.05, 4.69) is 4.57 Å². The van der Waals surface area contributed by atoms with Crippen molar-refractivity contribution in [2.45, 2.75) is 45.8 Å². The van der Waals surface area contributed by atoms with Crippen molar-refractivity contribution in [2.75, 3.05) is 20.3 Å². The van der Waals surface area contributed by atoms with Crippen LogP contribution < -0.4 is 4.74 Å². The highest BCUT2D eigenvalue weighted by Crippen LogP contribution is 2.21. The number of ketones is 1. The molecule has 0 aliphatic carbocycles. The van der Waals surface area contributed by atoms with E-state index in [9.17, 15) is 9.59 Å². The molecule has 1 atom stereocenters. The maximum Gasteiger partial charge on any atom is 0.310 e. The molecule has 0 saturated carbocycles. The summed E-state index contributed by atoms with van der Waals surface area (Å²) in [5, 5.41) is 0. The zero-order valence-corrected chi connectivity index (χ0v) is 16.7. The molecule has 2 aromatic rings. The first-order valence-corrected chi connectivity index (χ1v) is 9.58. The summed E-state index contributed by atoms with van der Waals surface area (Å²) in [6, 6.07) is 9.05. The topological polar surface area (TPSA) is 66.8 Å². The van der Waals surface area contributed by atoms with Crippen LogP contribution in [0.4, 0.5) is 0 Å². The number of hydrogen-bond acceptors (Lipinski definition) is 5. The Morgan fingerprint density at radius 2 is 1.96 bits per heavy atom. The van der Waals surface area contributed by atoms with Crippen molar-refractivity contribution in [3.63, 3.8) is 0 Å². The van der Waals surface area contributed by atoms with E-state index in [1.165, 1.54) is 0 Å². The van der Waals surface area contributed by atoms with Gasteiger partial charge in [0, 0.05) is 30.1 Å². The minimum absolute atomic E-state index is 0.120. The number of rotatable bonds is 8. The molecule has 0 radical (unpaired) electrons. The Bertz CT molecular complexity index is 831. The van der Waals surface area contributed by atoms with Crippen LogP contribution in [0.15, 0.2) is 30.3 Å². The van der Waals surface area contributed by atoms with E-state index in [1.54, 1.807) is 31.4 Å². The van der Waals surface area contributed by atoms with Gasteiger partial charge in [0.1, 0.15) is 5.75 Å². The smallest absolute Gasteiger partial charge is 0.310 e. The van der Waals surface area contributed by atoms with Crippen molar-refractivity contribution < 1.29 is 23.8 Å². The Labute approximate surface area is 165 Å². The highest BCUT2D eigenvalue weighted by Gasteiger charge is 2.21. The first-order valence-electron chi connectivity index (χ1n) is 9.58. The molecule has 1 aromatic heterocycles. The summed E-state index contributed by atoms with van der Waals surface area (Å²) in [5.74, 6) is 0.118. The van der Waals surface area contributed by atoms with Gasteiger partial charge in [0.2, 0.25) is 5.78 Å². The van der Waals surface area contributed by atoms with Gasteiger partial charge >= 0.3 is 5.97 Å². The van der Waals surface area contributed by atoms with Gasteiger partial charge in [0.05, 0.1) is 19.6 Å². The molecule has 28 heavy (non-hydrogen) atoms. The summed E-state index contributed by atoms with van der Waals surface area (Å²) in [7, 11) is 1.59. The lowest BCUT2D eigenvalue weighted by atomic mass is 10.1. The molecule has 1 fully saturated rings. The SMILES string of the molecule is COc1ccc(CC(=O)OCC(=O)c2cc(C)n(C[C@@H]3CCCO3)c2C)cc1. The molecule has 0 spiro atoms. The van der Waals surface area contributed by atoms with E-state index < -0.39 is 5.97 Å². The Balaban J connectivity index is 1.55. The van der Waals surface area contributed by atoms with Crippen molar-refractivity contribution in [1.82, 2.24) is 4.57 Å². The number of nitrogens with zero attached hydrogens (tertiary/aromatic N) is 1. The molecule has 1 aliphatic rings. The van der Waals surface area contributed by atoms with Crippen LogP contribution in [0.5, 0.6) is 5.75 Å². The van der Waals surface area contributed by atoms with E-state index in [0.717, 1.165) is 48.7 Å². The van der Waals surface area contributed by atoms with Crippen molar-refractivity contribution in [3.05, 3.63) is 52.8 Å². The second-order valence-corrected chi connectivity index (χ2v) is 7.14. The summed E-state index contributed by atoms with van der Waals surface area (Å²) in [6.45, 7) is 5.21. The Morgan fingerprint density at radius 3 is 2.61 bits per heavy atom. The van der Waals surface area contributed by atoms with Crippen LogP contribution in [0.2, 0.25) is 0 Å². The number of benzene rings is 1. The zero-order valence-electron chi connectivity index (χ0n) is 16.7. The summed E-state index contributed by atoms with van der Waals surface area (Å²) in [5.41, 5.74) is 3.32. The second-order valence-electron chi connectivity index (χ2n) is 7.14. The van der Waals surface area contributed by atoms with Gasteiger partial charge in [0.15, 0.2) is 6.61 Å². The number of methoxy groups -OCH3 is 1. The highest BCUT2D eigenvalue weighted by molar-refractivity contribution is 5.99. The summed E-state index contributed by atoms with van der Waals surface area (Å²) < 4.78 is 18.1. The third-order valence-corrected chi connectivity index (χ3v) is 5.16. The first-order chi connectivity index (χ1) is 13.5. The predicted octanol–water partition coefficient (Wildman–Crippen LogP) is 3.26. The zero-order chi connectivity index (χ0) is 20.1. The van der Waals surface area contributed by atoms with E-state index in [4.69, 9.17) is 14.2 Å². The van der Waals surface area contributed by atoms with Gasteiger partial charge < -0.3 is 18.8 Å². The molecular weight excluding hydrogens is 358 g/mol. The van der Waals surface area contributed by atoms with E-state index in [1.807, 2.05) is 19.9 Å². The van der Waals surface area contributed by atoms with Crippen molar-refractivity contribution in [3.8, 4) is 5.75 Å². The molecule has 6 heteroatoms. The highest BCUT2D eigenvalue weighted by atomic mass is 16.5. The molecule has 0 bridgehead atoms. The lowest BCUT2D eigenvalue weighted by molar-refractivity contribution is -0.141. The summed E-state index contributed by atoms with van der Waals surface area (Å²) in [4.78, 5) is 24.6. The number of esters is 1. The normalized spacial score (nSPS) is 16.2. The lowest BCUT2D eigenvalue weighted by Gasteiger charge is -2.14. The Hall–Kier alpha value is -2.60. The molecule has 1 saturated heterocycles. The number of carbonyl (C=O) groups excluding carboxylic acids is 2. The molecule has 3 rings (SSSR count). The fourth-order valence-electron chi connectivity index (χ4n) is 3.54. The third-order valence-electron chi connectivity index (χ3n) is 5.16. The van der Waals surface area contributed by atoms with Crippen molar-refractivity contribution in [1.29, 1.82) is 0 Å². The quantitative estimate of drug-likeness (QED) is 0.515. The standard InChI is InChI=1S/C22H27NO5/c1-15-11-20(16(2)23(15)13-19-5-4-10-27-19)21(24)14-28-22(25)12-17-6-8-18(26-3)9-7-17/h6-9,11,19H,4-5,10,12-14H2,1-3H3/t19-/m0/s1. The maximum atomic E-state index is 12.6. The fourth-order valence-corrected chi connectivity index (χ4v) is 3.54. The van der Waals surface area contributed by atoms with E-state index in [-0.39, 0.29) is 24.9 Å². The molecule has 2 heterocycles. The molecule has 1 aliphatic heterocycles. The monoisotopic (exact) mass is 385 g/mol. The van der Waals surface area contributed by atoms with Crippen LogP contribution in [0.25, 0.3) is 0 Å². The van der Waals surface area contributed by atoms with E-state index >= 15 is 0 Å². The van der Waals surface area contributed by atoms with Crippen LogP contribution >= 0.6 is 0 Å². The Kier molecular flexibility index (Phi) is 6.52. The number of hydrogen-bond donors (Lipinski definition) is 0. The van der Waals surface area contributed by atoms with Gasteiger partial charge in [-0.1, -0.05) is 12.1 Å². The van der Waals surface area contributed by atoms with Gasteiger partial charge in [-0.05, 0) is 50.5 Å². The first kappa shape index (κ1) is 20.1. The largest absolute Gasteiger partial charge is 0.497 e. The number of aromatic nitrogens is 1. The van der Waals surface area contributed by atoms with Crippen LogP contribution in [-0.4, -0.2) is 42.7 Å². The number of Topliss-reactive ketones (excluding diaryl/α,β-unsaturated/α-hetero) is 1. The minimum atomic E-state index is -0.424.